The fourth-order valence-electron chi connectivity index (χ4n) is 4.37. The zero-order valence-electron chi connectivity index (χ0n) is 17.2. The number of aromatic nitrogens is 2. The van der Waals surface area contributed by atoms with Gasteiger partial charge in [0.25, 0.3) is 5.91 Å². The van der Waals surface area contributed by atoms with E-state index in [0.29, 0.717) is 5.56 Å². The van der Waals surface area contributed by atoms with Crippen molar-refractivity contribution < 1.29 is 9.90 Å². The molecule has 1 saturated heterocycles. The van der Waals surface area contributed by atoms with E-state index in [1.165, 1.54) is 24.8 Å². The van der Waals surface area contributed by atoms with E-state index in [0.717, 1.165) is 55.6 Å². The van der Waals surface area contributed by atoms with E-state index in [1.54, 1.807) is 6.20 Å². The maximum Gasteiger partial charge on any atom is 0.269 e. The van der Waals surface area contributed by atoms with Crippen molar-refractivity contribution in [2.45, 2.75) is 63.6 Å². The summed E-state index contributed by atoms with van der Waals surface area (Å²) in [5, 5.41) is 18.7. The third-order valence-electron chi connectivity index (χ3n) is 6.16. The van der Waals surface area contributed by atoms with Gasteiger partial charge >= 0.3 is 0 Å². The zero-order chi connectivity index (χ0) is 20.9. The molecule has 1 aromatic heterocycles. The van der Waals surface area contributed by atoms with Gasteiger partial charge in [-0.2, -0.15) is 5.10 Å². The molecule has 0 atom stereocenters. The first-order chi connectivity index (χ1) is 14.6. The van der Waals surface area contributed by atoms with Crippen LogP contribution in [-0.4, -0.2) is 51.3 Å². The van der Waals surface area contributed by atoms with E-state index in [9.17, 15) is 9.90 Å². The van der Waals surface area contributed by atoms with Gasteiger partial charge in [0, 0.05) is 25.2 Å². The summed E-state index contributed by atoms with van der Waals surface area (Å²) in [6, 6.07) is 8.09. The molecule has 8 heteroatoms. The van der Waals surface area contributed by atoms with Crippen LogP contribution in [0.3, 0.4) is 0 Å². The topological polar surface area (TPSA) is 84.5 Å². The third kappa shape index (κ3) is 5.22. The number of aromatic amines is 1. The van der Waals surface area contributed by atoms with Crippen LogP contribution in [0.4, 0.5) is 5.82 Å². The van der Waals surface area contributed by atoms with Crippen LogP contribution in [0.15, 0.2) is 34.9 Å². The number of rotatable bonds is 6. The quantitative estimate of drug-likeness (QED) is 0.555. The number of carbonyl (C=O) groups is 1. The van der Waals surface area contributed by atoms with Crippen molar-refractivity contribution in [2.75, 3.05) is 18.1 Å². The molecule has 0 spiro atoms. The Kier molecular flexibility index (Phi) is 7.07. The number of piperidine rings is 1. The zero-order valence-corrected chi connectivity index (χ0v) is 18.8. The van der Waals surface area contributed by atoms with E-state index in [-0.39, 0.29) is 18.1 Å². The maximum absolute atomic E-state index is 13.0. The molecule has 2 aromatic rings. The number of H-pyrrole nitrogens is 1. The highest BCUT2D eigenvalue weighted by Crippen LogP contribution is 2.29. The summed E-state index contributed by atoms with van der Waals surface area (Å²) in [7, 11) is 0. The van der Waals surface area contributed by atoms with Crippen LogP contribution in [0.5, 0.6) is 0 Å². The second kappa shape index (κ2) is 9.94. The van der Waals surface area contributed by atoms with E-state index >= 15 is 0 Å². The Morgan fingerprint density at radius 3 is 2.50 bits per heavy atom. The molecule has 4 rings (SSSR count). The van der Waals surface area contributed by atoms with Gasteiger partial charge in [0.2, 0.25) is 0 Å². The predicted octanol–water partition coefficient (Wildman–Crippen LogP) is 3.61. The lowest BCUT2D eigenvalue weighted by atomic mass is 9.95. The molecule has 0 radical (unpaired) electrons. The number of hydrazine groups is 1. The summed E-state index contributed by atoms with van der Waals surface area (Å²) < 4.78 is 0.843. The highest BCUT2D eigenvalue weighted by molar-refractivity contribution is 9.10. The Balaban J connectivity index is 1.41. The number of hydrogen-bond acceptors (Lipinski definition) is 5. The molecule has 30 heavy (non-hydrogen) atoms. The molecular formula is C22H30BrN5O2. The highest BCUT2D eigenvalue weighted by Gasteiger charge is 2.26. The summed E-state index contributed by atoms with van der Waals surface area (Å²) in [6.45, 7) is 2.68. The number of aliphatic hydroxyl groups excluding tert-OH is 1. The minimum absolute atomic E-state index is 0.116. The average molecular weight is 476 g/mol. The summed E-state index contributed by atoms with van der Waals surface area (Å²) in [5.41, 5.74) is 4.93. The molecule has 7 nitrogen and oxygen atoms in total. The van der Waals surface area contributed by atoms with Gasteiger partial charge in [-0.15, -0.1) is 0 Å². The lowest BCUT2D eigenvalue weighted by Gasteiger charge is -2.35. The third-order valence-corrected chi connectivity index (χ3v) is 6.74. The minimum atomic E-state index is -0.158. The largest absolute Gasteiger partial charge is 0.393 e. The highest BCUT2D eigenvalue weighted by atomic mass is 79.9. The maximum atomic E-state index is 13.0. The van der Waals surface area contributed by atoms with Gasteiger partial charge in [-0.3, -0.25) is 25.2 Å². The lowest BCUT2D eigenvalue weighted by molar-refractivity contribution is 0.0792. The van der Waals surface area contributed by atoms with Crippen LogP contribution in [0.1, 0.15) is 60.9 Å². The van der Waals surface area contributed by atoms with Crippen molar-refractivity contribution in [3.63, 3.8) is 0 Å². The van der Waals surface area contributed by atoms with Crippen LogP contribution in [0, 0.1) is 0 Å². The van der Waals surface area contributed by atoms with Crippen molar-refractivity contribution in [2.24, 2.45) is 0 Å². The van der Waals surface area contributed by atoms with Crippen molar-refractivity contribution in [3.05, 3.63) is 46.1 Å². The molecule has 3 N–H and O–H groups in total. The summed E-state index contributed by atoms with van der Waals surface area (Å²) in [4.78, 5) is 15.4. The van der Waals surface area contributed by atoms with Crippen molar-refractivity contribution in [1.82, 2.24) is 20.5 Å². The number of likely N-dealkylation sites (tertiary alicyclic amines) is 1. The van der Waals surface area contributed by atoms with Gasteiger partial charge in [-0.05, 0) is 59.3 Å². The summed E-state index contributed by atoms with van der Waals surface area (Å²) in [5.74, 6) is 0.675. The molecule has 1 saturated carbocycles. The van der Waals surface area contributed by atoms with Gasteiger partial charge in [-0.25, -0.2) is 0 Å². The molecule has 1 aromatic carbocycles. The molecule has 1 amide bonds. The number of amides is 1. The first kappa shape index (κ1) is 21.3. The Hall–Kier alpha value is -1.90. The average Bonchev–Trinajstić information content (AvgIpc) is 3.20. The normalized spacial score (nSPS) is 19.0. The van der Waals surface area contributed by atoms with Gasteiger partial charge in [0.15, 0.2) is 5.82 Å². The smallest absolute Gasteiger partial charge is 0.269 e. The summed E-state index contributed by atoms with van der Waals surface area (Å²) >= 11 is 3.53. The van der Waals surface area contributed by atoms with E-state index < -0.39 is 0 Å². The molecule has 2 heterocycles. The first-order valence-electron chi connectivity index (χ1n) is 10.9. The number of benzene rings is 1. The standard InChI is InChI=1S/C22H30BrN5O2/c23-20-14-24-25-21(20)28(18-4-2-1-3-5-18)26-22(30)17-8-6-16(7-9-17)15-27-12-10-19(29)11-13-27/h6-9,14,18-19,29H,1-5,10-13,15H2,(H,24,25)(H,26,30). The molecule has 162 valence electrons. The first-order valence-corrected chi connectivity index (χ1v) is 11.7. The second-order valence-electron chi connectivity index (χ2n) is 8.37. The molecule has 0 unspecified atom stereocenters. The second-order valence-corrected chi connectivity index (χ2v) is 9.23. The Morgan fingerprint density at radius 2 is 1.87 bits per heavy atom. The summed E-state index contributed by atoms with van der Waals surface area (Å²) in [6.07, 6.45) is 8.92. The number of anilines is 1. The van der Waals surface area contributed by atoms with Gasteiger partial charge < -0.3 is 5.11 Å². The fourth-order valence-corrected chi connectivity index (χ4v) is 4.76. The molecule has 0 bridgehead atoms. The Morgan fingerprint density at radius 1 is 1.17 bits per heavy atom. The van der Waals surface area contributed by atoms with Crippen LogP contribution >= 0.6 is 15.9 Å². The van der Waals surface area contributed by atoms with E-state index in [1.807, 2.05) is 29.3 Å². The van der Waals surface area contributed by atoms with Crippen molar-refractivity contribution in [1.29, 1.82) is 0 Å². The SMILES string of the molecule is O=C(NN(c1[nH]ncc1Br)C1CCCCC1)c1ccc(CN2CCC(O)CC2)cc1. The molecule has 1 aliphatic carbocycles. The van der Waals surface area contributed by atoms with Gasteiger partial charge in [0.1, 0.15) is 0 Å². The van der Waals surface area contributed by atoms with E-state index in [4.69, 9.17) is 0 Å². The van der Waals surface area contributed by atoms with Gasteiger partial charge in [0.05, 0.1) is 22.8 Å². The molecule has 1 aliphatic heterocycles. The van der Waals surface area contributed by atoms with Crippen molar-refractivity contribution in [3.8, 4) is 0 Å². The number of halogens is 1. The van der Waals surface area contributed by atoms with Crippen LogP contribution in [0.2, 0.25) is 0 Å². The molecule has 2 fully saturated rings. The molecule has 2 aliphatic rings. The monoisotopic (exact) mass is 475 g/mol. The number of nitrogens with zero attached hydrogens (tertiary/aromatic N) is 3. The number of aliphatic hydroxyl groups is 1. The van der Waals surface area contributed by atoms with Crippen LogP contribution < -0.4 is 10.4 Å². The predicted molar refractivity (Wildman–Crippen MR) is 120 cm³/mol. The Bertz CT molecular complexity index is 826. The van der Waals surface area contributed by atoms with Crippen molar-refractivity contribution >= 4 is 27.7 Å². The lowest BCUT2D eigenvalue weighted by Crippen LogP contribution is -2.50. The number of hydrogen-bond donors (Lipinski definition) is 3. The Labute approximate surface area is 185 Å². The molecular weight excluding hydrogens is 446 g/mol. The van der Waals surface area contributed by atoms with Crippen LogP contribution in [-0.2, 0) is 6.54 Å². The van der Waals surface area contributed by atoms with Crippen LogP contribution in [0.25, 0.3) is 0 Å². The number of nitrogens with one attached hydrogen (secondary N) is 2. The number of carbonyl (C=O) groups excluding carboxylic acids is 1. The minimum Gasteiger partial charge on any atom is -0.393 e. The van der Waals surface area contributed by atoms with E-state index in [2.05, 4.69) is 36.5 Å². The van der Waals surface area contributed by atoms with Gasteiger partial charge in [-0.1, -0.05) is 31.4 Å². The fraction of sp³-hybridized carbons (Fsp3) is 0.545.